The molecule has 0 amide bonds. The summed E-state index contributed by atoms with van der Waals surface area (Å²) in [4.78, 5) is 13.1. The summed E-state index contributed by atoms with van der Waals surface area (Å²) in [6, 6.07) is 6.59. The average Bonchev–Trinajstić information content (AvgIpc) is 2.40. The topological polar surface area (TPSA) is 78.6 Å². The fraction of sp³-hybridized carbons (Fsp3) is 0.462. The molecular weight excluding hydrogens is 230 g/mol. The Morgan fingerprint density at radius 2 is 1.94 bits per heavy atom. The molecule has 0 aliphatic carbocycles. The Kier molecular flexibility index (Phi) is 4.30. The lowest BCUT2D eigenvalue weighted by atomic mass is 10.1. The van der Waals surface area contributed by atoms with Crippen LogP contribution in [0, 0.1) is 0 Å². The lowest BCUT2D eigenvalue weighted by Gasteiger charge is -2.27. The molecule has 0 spiro atoms. The van der Waals surface area contributed by atoms with E-state index in [9.17, 15) is 4.79 Å². The molecule has 2 rings (SSSR count). The zero-order valence-corrected chi connectivity index (χ0v) is 10.3. The number of benzene rings is 1. The molecule has 0 radical (unpaired) electrons. The van der Waals surface area contributed by atoms with Crippen LogP contribution in [-0.4, -0.2) is 42.2 Å². The van der Waals surface area contributed by atoms with Crippen LogP contribution in [0.25, 0.3) is 0 Å². The lowest BCUT2D eigenvalue weighted by Crippen LogP contribution is -2.42. The van der Waals surface area contributed by atoms with Gasteiger partial charge in [0.2, 0.25) is 0 Å². The molecule has 1 fully saturated rings. The second kappa shape index (κ2) is 5.95. The molecule has 1 heterocycles. The van der Waals surface area contributed by atoms with Crippen LogP contribution in [0.4, 0.5) is 0 Å². The van der Waals surface area contributed by atoms with Gasteiger partial charge >= 0.3 is 5.97 Å². The predicted molar refractivity (Wildman–Crippen MR) is 69.2 cm³/mol. The van der Waals surface area contributed by atoms with E-state index in [4.69, 9.17) is 10.8 Å². The summed E-state index contributed by atoms with van der Waals surface area (Å²) in [6.45, 7) is 5.07. The summed E-state index contributed by atoms with van der Waals surface area (Å²) in [6.07, 6.45) is 0. The summed E-state index contributed by atoms with van der Waals surface area (Å²) in [7, 11) is 0. The molecule has 5 nitrogen and oxygen atoms in total. The van der Waals surface area contributed by atoms with Gasteiger partial charge in [-0.3, -0.25) is 9.69 Å². The van der Waals surface area contributed by atoms with Crippen LogP contribution < -0.4 is 11.1 Å². The van der Waals surface area contributed by atoms with Gasteiger partial charge in [0.05, 0.1) is 0 Å². The van der Waals surface area contributed by atoms with Crippen molar-refractivity contribution in [2.75, 3.05) is 26.2 Å². The molecule has 1 aromatic carbocycles. The maximum Gasteiger partial charge on any atom is 0.325 e. The smallest absolute Gasteiger partial charge is 0.325 e. The van der Waals surface area contributed by atoms with Crippen LogP contribution in [0.15, 0.2) is 24.3 Å². The van der Waals surface area contributed by atoms with Gasteiger partial charge in [-0.15, -0.1) is 0 Å². The third-order valence-electron chi connectivity index (χ3n) is 3.22. The van der Waals surface area contributed by atoms with E-state index in [0.29, 0.717) is 5.56 Å². The van der Waals surface area contributed by atoms with Gasteiger partial charge in [-0.05, 0) is 11.1 Å². The van der Waals surface area contributed by atoms with Crippen molar-refractivity contribution >= 4 is 5.97 Å². The van der Waals surface area contributed by atoms with Crippen molar-refractivity contribution < 1.29 is 9.90 Å². The maximum atomic E-state index is 10.8. The zero-order valence-electron chi connectivity index (χ0n) is 10.3. The van der Waals surface area contributed by atoms with Crippen molar-refractivity contribution in [2.45, 2.75) is 12.6 Å². The zero-order chi connectivity index (χ0) is 13.0. The number of carbonyl (C=O) groups is 1. The first-order chi connectivity index (χ1) is 8.66. The highest BCUT2D eigenvalue weighted by Gasteiger charge is 2.14. The van der Waals surface area contributed by atoms with Gasteiger partial charge in [0, 0.05) is 32.7 Å². The Labute approximate surface area is 107 Å². The number of nitrogens with one attached hydrogen (secondary N) is 1. The molecule has 1 unspecified atom stereocenters. The van der Waals surface area contributed by atoms with Crippen LogP contribution in [0.3, 0.4) is 0 Å². The Morgan fingerprint density at radius 1 is 1.33 bits per heavy atom. The molecule has 0 saturated carbocycles. The molecule has 0 bridgehead atoms. The first-order valence-electron chi connectivity index (χ1n) is 6.17. The number of nitrogens with zero attached hydrogens (tertiary/aromatic N) is 1. The molecule has 1 aliphatic rings. The molecular formula is C13H19N3O2. The maximum absolute atomic E-state index is 10.8. The van der Waals surface area contributed by atoms with Crippen LogP contribution in [0.2, 0.25) is 0 Å². The second-order valence-corrected chi connectivity index (χ2v) is 4.58. The van der Waals surface area contributed by atoms with Crippen LogP contribution >= 0.6 is 0 Å². The van der Waals surface area contributed by atoms with Gasteiger partial charge in [-0.2, -0.15) is 0 Å². The fourth-order valence-electron chi connectivity index (χ4n) is 2.10. The number of rotatable bonds is 4. The Morgan fingerprint density at radius 3 is 2.50 bits per heavy atom. The summed E-state index contributed by atoms with van der Waals surface area (Å²) in [5, 5.41) is 12.1. The van der Waals surface area contributed by atoms with E-state index in [-0.39, 0.29) is 0 Å². The summed E-state index contributed by atoms with van der Waals surface area (Å²) in [5.41, 5.74) is 7.39. The average molecular weight is 249 g/mol. The molecule has 0 aromatic heterocycles. The van der Waals surface area contributed by atoms with Crippen LogP contribution in [0.5, 0.6) is 0 Å². The highest BCUT2D eigenvalue weighted by Crippen LogP contribution is 2.13. The standard InChI is InChI=1S/C13H19N3O2/c14-12(13(17)18)11-3-1-10(2-4-11)9-16-7-5-15-6-8-16/h1-4,12,15H,5-9,14H2,(H,17,18). The van der Waals surface area contributed by atoms with E-state index in [1.165, 1.54) is 5.56 Å². The van der Waals surface area contributed by atoms with E-state index in [1.54, 1.807) is 12.1 Å². The normalized spacial score (nSPS) is 18.5. The first-order valence-corrected chi connectivity index (χ1v) is 6.17. The van der Waals surface area contributed by atoms with E-state index < -0.39 is 12.0 Å². The van der Waals surface area contributed by atoms with Crippen molar-refractivity contribution in [1.82, 2.24) is 10.2 Å². The minimum Gasteiger partial charge on any atom is -0.480 e. The van der Waals surface area contributed by atoms with Crippen LogP contribution in [-0.2, 0) is 11.3 Å². The number of carboxylic acid groups (broad SMARTS) is 1. The van der Waals surface area contributed by atoms with Crippen molar-refractivity contribution in [1.29, 1.82) is 0 Å². The quantitative estimate of drug-likeness (QED) is 0.709. The van der Waals surface area contributed by atoms with Crippen molar-refractivity contribution in [3.63, 3.8) is 0 Å². The lowest BCUT2D eigenvalue weighted by molar-refractivity contribution is -0.138. The number of piperazine rings is 1. The monoisotopic (exact) mass is 249 g/mol. The molecule has 98 valence electrons. The SMILES string of the molecule is NC(C(=O)O)c1ccc(CN2CCNCC2)cc1. The Hall–Kier alpha value is -1.43. The van der Waals surface area contributed by atoms with E-state index in [1.807, 2.05) is 12.1 Å². The van der Waals surface area contributed by atoms with Gasteiger partial charge in [-0.1, -0.05) is 24.3 Å². The number of aliphatic carboxylic acids is 1. The van der Waals surface area contributed by atoms with Gasteiger partial charge in [-0.25, -0.2) is 0 Å². The second-order valence-electron chi connectivity index (χ2n) is 4.58. The van der Waals surface area contributed by atoms with E-state index in [0.717, 1.165) is 32.7 Å². The molecule has 18 heavy (non-hydrogen) atoms. The summed E-state index contributed by atoms with van der Waals surface area (Å²) in [5.74, 6) is -0.996. The fourth-order valence-corrected chi connectivity index (χ4v) is 2.10. The number of nitrogens with two attached hydrogens (primary N) is 1. The van der Waals surface area contributed by atoms with Crippen molar-refractivity contribution in [3.8, 4) is 0 Å². The molecule has 4 N–H and O–H groups in total. The number of hydrogen-bond acceptors (Lipinski definition) is 4. The Bertz CT molecular complexity index is 399. The number of hydrogen-bond donors (Lipinski definition) is 3. The minimum absolute atomic E-state index is 0.645. The molecule has 1 saturated heterocycles. The van der Waals surface area contributed by atoms with E-state index in [2.05, 4.69) is 10.2 Å². The van der Waals surface area contributed by atoms with Gasteiger partial charge < -0.3 is 16.2 Å². The van der Waals surface area contributed by atoms with E-state index >= 15 is 0 Å². The molecule has 1 aliphatic heterocycles. The van der Waals surface area contributed by atoms with Gasteiger partial charge in [0.25, 0.3) is 0 Å². The van der Waals surface area contributed by atoms with Gasteiger partial charge in [0.1, 0.15) is 6.04 Å². The largest absolute Gasteiger partial charge is 0.480 e. The Balaban J connectivity index is 1.96. The third-order valence-corrected chi connectivity index (χ3v) is 3.22. The predicted octanol–water partition coefficient (Wildman–Crippen LogP) is 0.176. The summed E-state index contributed by atoms with van der Waals surface area (Å²) < 4.78 is 0. The molecule has 5 heteroatoms. The molecule has 1 atom stereocenters. The highest BCUT2D eigenvalue weighted by molar-refractivity contribution is 5.75. The molecule has 1 aromatic rings. The van der Waals surface area contributed by atoms with Gasteiger partial charge in [0.15, 0.2) is 0 Å². The first kappa shape index (κ1) is 13.0. The minimum atomic E-state index is -0.996. The summed E-state index contributed by atoms with van der Waals surface area (Å²) >= 11 is 0. The van der Waals surface area contributed by atoms with Crippen LogP contribution in [0.1, 0.15) is 17.2 Å². The highest BCUT2D eigenvalue weighted by atomic mass is 16.4. The third kappa shape index (κ3) is 3.29. The van der Waals surface area contributed by atoms with Crippen molar-refractivity contribution in [2.24, 2.45) is 5.73 Å². The number of carboxylic acids is 1. The van der Waals surface area contributed by atoms with Crippen molar-refractivity contribution in [3.05, 3.63) is 35.4 Å².